The summed E-state index contributed by atoms with van der Waals surface area (Å²) in [6.45, 7) is 8.73. The van der Waals surface area contributed by atoms with E-state index in [-0.39, 0.29) is 36.5 Å². The molecule has 5 aromatic rings. The van der Waals surface area contributed by atoms with Crippen LogP contribution in [0, 0.1) is 11.6 Å². The molecule has 13 heteroatoms. The first-order valence-corrected chi connectivity index (χ1v) is 17.3. The van der Waals surface area contributed by atoms with Crippen molar-refractivity contribution in [2.45, 2.75) is 25.7 Å². The summed E-state index contributed by atoms with van der Waals surface area (Å²) >= 11 is 1.41. The number of carbonyl (C=O) groups is 1. The molecule has 2 aliphatic rings. The Balaban J connectivity index is 1.35. The standard InChI is InChI=1S/C37H36F3N5O4S/c1-4-32(46)44-10-11-45-30(22(44)2)19-29(42-45)36-34(33-28(40)17-24(38)18-31(33)49-15-14-47-3)37-27(9-16-50-37)35(41-36)23-5-7-26(8-6-23)48-13-12-43-20-25(39)21-43/h4-9,16-19,22,25H,1,10-15,20-21H2,2-3H3/t22-/m1/s1. The second kappa shape index (κ2) is 14.3. The van der Waals surface area contributed by atoms with Crippen molar-refractivity contribution in [2.24, 2.45) is 0 Å². The summed E-state index contributed by atoms with van der Waals surface area (Å²) < 4.78 is 63.4. The van der Waals surface area contributed by atoms with Gasteiger partial charge in [-0.1, -0.05) is 6.58 Å². The van der Waals surface area contributed by atoms with Gasteiger partial charge in [0.2, 0.25) is 5.91 Å². The SMILES string of the molecule is C=CC(=O)N1CCn2nc(-c3nc(-c4ccc(OCCN5CC(F)C5)cc4)c4ccsc4c3-c3c(F)cc(F)cc3OCCOC)cc2[C@H]1C. The number of fused-ring (bicyclic) bond motifs is 2. The quantitative estimate of drug-likeness (QED) is 0.103. The fourth-order valence-corrected chi connectivity index (χ4v) is 7.48. The lowest BCUT2D eigenvalue weighted by Crippen LogP contribution is -2.49. The Bertz CT molecular complexity index is 2040. The monoisotopic (exact) mass is 703 g/mol. The molecule has 0 bridgehead atoms. The van der Waals surface area contributed by atoms with E-state index in [1.165, 1.54) is 30.6 Å². The predicted molar refractivity (Wildman–Crippen MR) is 186 cm³/mol. The van der Waals surface area contributed by atoms with Gasteiger partial charge in [0.1, 0.15) is 53.9 Å². The van der Waals surface area contributed by atoms with Gasteiger partial charge in [-0.15, -0.1) is 11.3 Å². The number of alkyl halides is 1. The van der Waals surface area contributed by atoms with Crippen LogP contribution in [0.3, 0.4) is 0 Å². The molecule has 2 aliphatic heterocycles. The van der Waals surface area contributed by atoms with E-state index in [9.17, 15) is 13.6 Å². The molecular weight excluding hydrogens is 667 g/mol. The highest BCUT2D eigenvalue weighted by atomic mass is 32.1. The van der Waals surface area contributed by atoms with Crippen LogP contribution >= 0.6 is 11.3 Å². The number of methoxy groups -OCH3 is 1. The van der Waals surface area contributed by atoms with E-state index in [2.05, 4.69) is 6.58 Å². The van der Waals surface area contributed by atoms with Crippen LogP contribution in [0.1, 0.15) is 18.7 Å². The smallest absolute Gasteiger partial charge is 0.246 e. The average molecular weight is 704 g/mol. The topological polar surface area (TPSA) is 82.0 Å². The molecule has 1 amide bonds. The molecule has 9 nitrogen and oxygen atoms in total. The number of likely N-dealkylation sites (tertiary alicyclic amines) is 1. The maximum atomic E-state index is 16.1. The summed E-state index contributed by atoms with van der Waals surface area (Å²) in [6, 6.07) is 13.1. The maximum Gasteiger partial charge on any atom is 0.246 e. The molecule has 0 unspecified atom stereocenters. The lowest BCUT2D eigenvalue weighted by atomic mass is 9.96. The Hall–Kier alpha value is -4.72. The molecule has 1 saturated heterocycles. The fraction of sp³-hybridized carbons (Fsp3) is 0.324. The van der Waals surface area contributed by atoms with E-state index in [4.69, 9.17) is 24.3 Å². The number of hydrogen-bond acceptors (Lipinski definition) is 8. The number of amides is 1. The maximum absolute atomic E-state index is 16.1. The highest BCUT2D eigenvalue weighted by molar-refractivity contribution is 7.18. The Labute approximate surface area is 291 Å². The van der Waals surface area contributed by atoms with Crippen LogP contribution in [0.15, 0.2) is 66.6 Å². The van der Waals surface area contributed by atoms with Gasteiger partial charge in [0.05, 0.1) is 36.1 Å². The van der Waals surface area contributed by atoms with Crippen molar-refractivity contribution in [3.8, 4) is 45.3 Å². The van der Waals surface area contributed by atoms with E-state index in [1.54, 1.807) is 4.90 Å². The summed E-state index contributed by atoms with van der Waals surface area (Å²) in [5, 5.41) is 7.60. The number of benzene rings is 2. The van der Waals surface area contributed by atoms with Gasteiger partial charge in [-0.25, -0.2) is 18.2 Å². The fourth-order valence-electron chi connectivity index (χ4n) is 6.53. The minimum atomic E-state index is -0.801. The number of halogens is 3. The number of hydrogen-bond donors (Lipinski definition) is 0. The van der Waals surface area contributed by atoms with Crippen LogP contribution in [-0.2, 0) is 16.1 Å². The van der Waals surface area contributed by atoms with Crippen molar-refractivity contribution in [1.82, 2.24) is 24.6 Å². The molecule has 5 heterocycles. The zero-order valence-corrected chi connectivity index (χ0v) is 28.5. The second-order valence-corrected chi connectivity index (χ2v) is 13.2. The Morgan fingerprint density at radius 2 is 1.82 bits per heavy atom. The third-order valence-electron chi connectivity index (χ3n) is 9.10. The number of pyridine rings is 1. The zero-order chi connectivity index (χ0) is 34.9. The minimum Gasteiger partial charge on any atom is -0.492 e. The number of ether oxygens (including phenoxy) is 3. The molecule has 2 aromatic carbocycles. The third-order valence-corrected chi connectivity index (χ3v) is 10.0. The van der Waals surface area contributed by atoms with Crippen LogP contribution < -0.4 is 9.47 Å². The van der Waals surface area contributed by atoms with Crippen molar-refractivity contribution in [3.63, 3.8) is 0 Å². The predicted octanol–water partition coefficient (Wildman–Crippen LogP) is 6.92. The molecule has 3 aromatic heterocycles. The second-order valence-electron chi connectivity index (χ2n) is 12.3. The molecule has 0 radical (unpaired) electrons. The minimum absolute atomic E-state index is 0.0203. The molecule has 1 fully saturated rings. The Kier molecular flexibility index (Phi) is 9.63. The molecule has 0 N–H and O–H groups in total. The van der Waals surface area contributed by atoms with E-state index < -0.39 is 17.8 Å². The van der Waals surface area contributed by atoms with Gasteiger partial charge in [0.25, 0.3) is 0 Å². The largest absolute Gasteiger partial charge is 0.492 e. The number of rotatable bonds is 12. The van der Waals surface area contributed by atoms with E-state index in [0.29, 0.717) is 67.7 Å². The van der Waals surface area contributed by atoms with Crippen molar-refractivity contribution in [2.75, 3.05) is 53.1 Å². The zero-order valence-electron chi connectivity index (χ0n) is 27.7. The third kappa shape index (κ3) is 6.48. The van der Waals surface area contributed by atoms with E-state index in [1.807, 2.05) is 58.3 Å². The van der Waals surface area contributed by atoms with Gasteiger partial charge in [0.15, 0.2) is 0 Å². The number of nitrogens with zero attached hydrogens (tertiary/aromatic N) is 5. The van der Waals surface area contributed by atoms with Crippen LogP contribution in [-0.4, -0.2) is 89.8 Å². The summed E-state index contributed by atoms with van der Waals surface area (Å²) in [7, 11) is 1.52. The van der Waals surface area contributed by atoms with Crippen molar-refractivity contribution < 1.29 is 32.2 Å². The van der Waals surface area contributed by atoms with Gasteiger partial charge in [-0.05, 0) is 54.8 Å². The molecule has 50 heavy (non-hydrogen) atoms. The summed E-state index contributed by atoms with van der Waals surface area (Å²) in [5.74, 6) is -1.06. The van der Waals surface area contributed by atoms with Gasteiger partial charge in [-0.2, -0.15) is 5.10 Å². The number of carbonyl (C=O) groups excluding carboxylic acids is 1. The first-order valence-electron chi connectivity index (χ1n) is 16.4. The molecular formula is C37H36F3N5O4S. The summed E-state index contributed by atoms with van der Waals surface area (Å²) in [4.78, 5) is 21.5. The molecule has 0 saturated carbocycles. The van der Waals surface area contributed by atoms with Crippen LogP contribution in [0.25, 0.3) is 43.9 Å². The van der Waals surface area contributed by atoms with E-state index >= 15 is 4.39 Å². The highest BCUT2D eigenvalue weighted by Gasteiger charge is 2.31. The van der Waals surface area contributed by atoms with Crippen molar-refractivity contribution in [1.29, 1.82) is 0 Å². The van der Waals surface area contributed by atoms with Crippen LogP contribution in [0.4, 0.5) is 13.2 Å². The lowest BCUT2D eigenvalue weighted by molar-refractivity contribution is -0.129. The van der Waals surface area contributed by atoms with Gasteiger partial charge >= 0.3 is 0 Å². The molecule has 0 aliphatic carbocycles. The summed E-state index contributed by atoms with van der Waals surface area (Å²) in [5.41, 5.74) is 3.58. The Morgan fingerprint density at radius 1 is 1.02 bits per heavy atom. The lowest BCUT2D eigenvalue weighted by Gasteiger charge is -2.33. The van der Waals surface area contributed by atoms with Crippen molar-refractivity contribution in [3.05, 3.63) is 83.9 Å². The van der Waals surface area contributed by atoms with Crippen molar-refractivity contribution >= 4 is 27.3 Å². The number of thiophene rings is 1. The summed E-state index contributed by atoms with van der Waals surface area (Å²) in [6.07, 6.45) is 0.541. The average Bonchev–Trinajstić information content (AvgIpc) is 3.76. The normalized spacial score (nSPS) is 16.3. The molecule has 1 atom stereocenters. The van der Waals surface area contributed by atoms with Gasteiger partial charge in [0, 0.05) is 66.6 Å². The first kappa shape index (κ1) is 33.8. The van der Waals surface area contributed by atoms with Crippen LogP contribution in [0.5, 0.6) is 11.5 Å². The van der Waals surface area contributed by atoms with E-state index in [0.717, 1.165) is 27.4 Å². The highest BCUT2D eigenvalue weighted by Crippen LogP contribution is 2.47. The van der Waals surface area contributed by atoms with Gasteiger partial charge in [-0.3, -0.25) is 14.4 Å². The Morgan fingerprint density at radius 3 is 2.56 bits per heavy atom. The molecule has 7 rings (SSSR count). The van der Waals surface area contributed by atoms with Gasteiger partial charge < -0.3 is 19.1 Å². The molecule has 260 valence electrons. The molecule has 0 spiro atoms. The first-order chi connectivity index (χ1) is 24.2. The number of aromatic nitrogens is 3. The van der Waals surface area contributed by atoms with Crippen LogP contribution in [0.2, 0.25) is 0 Å².